The van der Waals surface area contributed by atoms with Crippen molar-refractivity contribution in [3.63, 3.8) is 0 Å². The second kappa shape index (κ2) is 11.8. The lowest BCUT2D eigenvalue weighted by Gasteiger charge is -2.29. The summed E-state index contributed by atoms with van der Waals surface area (Å²) in [4.78, 5) is 23.2. The average Bonchev–Trinajstić information content (AvgIpc) is 2.75. The van der Waals surface area contributed by atoms with Gasteiger partial charge >= 0.3 is 6.09 Å². The lowest BCUT2D eigenvalue weighted by Crippen LogP contribution is -2.49. The molecule has 0 aliphatic heterocycles. The van der Waals surface area contributed by atoms with E-state index < -0.39 is 6.09 Å². The number of alkyl carbamates (subject to hydrolysis) is 1. The van der Waals surface area contributed by atoms with Gasteiger partial charge in [0.05, 0.1) is 7.11 Å². The predicted molar refractivity (Wildman–Crippen MR) is 110 cm³/mol. The van der Waals surface area contributed by atoms with Crippen LogP contribution in [0.1, 0.15) is 41.6 Å². The third-order valence-corrected chi connectivity index (χ3v) is 4.71. The smallest absolute Gasteiger partial charge is 0.407 e. The first kappa shape index (κ1) is 22.4. The molecule has 29 heavy (non-hydrogen) atoms. The highest BCUT2D eigenvalue weighted by atomic mass is 19.1. The first-order chi connectivity index (χ1) is 14.0. The number of carbonyl (C=O) groups excluding carboxylic acids is 2. The van der Waals surface area contributed by atoms with Gasteiger partial charge < -0.3 is 21.1 Å². The Morgan fingerprint density at radius 3 is 2.28 bits per heavy atom. The fraction of sp³-hybridized carbons (Fsp3) is 0.364. The molecule has 0 radical (unpaired) electrons. The maximum absolute atomic E-state index is 12.2. The molecule has 2 unspecified atom stereocenters. The van der Waals surface area contributed by atoms with E-state index >= 15 is 0 Å². The first-order valence-corrected chi connectivity index (χ1v) is 9.67. The molecule has 0 saturated heterocycles. The van der Waals surface area contributed by atoms with E-state index in [9.17, 15) is 14.0 Å². The van der Waals surface area contributed by atoms with Crippen molar-refractivity contribution in [3.05, 3.63) is 71.5 Å². The number of hydrogen-bond acceptors (Lipinski definition) is 4. The van der Waals surface area contributed by atoms with Crippen molar-refractivity contribution in [3.8, 4) is 0 Å². The van der Waals surface area contributed by atoms with Gasteiger partial charge in [-0.3, -0.25) is 4.79 Å². The minimum absolute atomic E-state index is 0.0428. The second-order valence-electron chi connectivity index (χ2n) is 6.87. The molecule has 3 rings (SSSR count). The van der Waals surface area contributed by atoms with Crippen molar-refractivity contribution in [2.45, 2.75) is 44.3 Å². The van der Waals surface area contributed by atoms with Gasteiger partial charge in [-0.05, 0) is 42.7 Å². The number of benzene rings is 2. The van der Waals surface area contributed by atoms with Gasteiger partial charge in [0.1, 0.15) is 5.82 Å². The normalized spacial score (nSPS) is 18.0. The van der Waals surface area contributed by atoms with Gasteiger partial charge in [-0.1, -0.05) is 43.2 Å². The molecule has 0 heterocycles. The van der Waals surface area contributed by atoms with Gasteiger partial charge in [0.25, 0.3) is 5.91 Å². The Bertz CT molecular complexity index is 769. The number of carbonyl (C=O) groups is 2. The summed E-state index contributed by atoms with van der Waals surface area (Å²) in [5, 5.41) is 5.60. The van der Waals surface area contributed by atoms with E-state index in [0.29, 0.717) is 12.1 Å². The number of hydrogen-bond donors (Lipinski definition) is 3. The zero-order chi connectivity index (χ0) is 21.1. The van der Waals surface area contributed by atoms with E-state index in [2.05, 4.69) is 15.4 Å². The summed E-state index contributed by atoms with van der Waals surface area (Å²) >= 11 is 0. The fourth-order valence-electron chi connectivity index (χ4n) is 3.03. The van der Waals surface area contributed by atoms with Crippen LogP contribution in [0.3, 0.4) is 0 Å². The Kier molecular flexibility index (Phi) is 9.11. The molecule has 2 aromatic rings. The number of nitrogens with one attached hydrogen (secondary N) is 2. The van der Waals surface area contributed by atoms with Gasteiger partial charge in [-0.25, -0.2) is 9.18 Å². The standard InChI is InChI=1S/C16H23N3O3.C6H5F/c1-22-16(21)18-10-11-6-8-12(9-7-11)15(20)19-14-5-3-2-4-13(14)17;7-6-4-2-1-3-5-6/h6-9,13-14H,2-5,10,17H2,1H3,(H,18,21)(H,19,20);1-5H. The van der Waals surface area contributed by atoms with Crippen molar-refractivity contribution in [1.82, 2.24) is 10.6 Å². The van der Waals surface area contributed by atoms with Crippen molar-refractivity contribution in [1.29, 1.82) is 0 Å². The van der Waals surface area contributed by atoms with E-state index in [-0.39, 0.29) is 23.8 Å². The largest absolute Gasteiger partial charge is 0.453 e. The maximum atomic E-state index is 12.2. The predicted octanol–water partition coefficient (Wildman–Crippen LogP) is 3.37. The Hall–Kier alpha value is -2.93. The molecular formula is C22H28FN3O3. The summed E-state index contributed by atoms with van der Waals surface area (Å²) in [5.74, 6) is -0.280. The highest BCUT2D eigenvalue weighted by molar-refractivity contribution is 5.94. The number of halogens is 1. The molecule has 6 nitrogen and oxygen atoms in total. The third kappa shape index (κ3) is 7.91. The van der Waals surface area contributed by atoms with Crippen LogP contribution in [0.2, 0.25) is 0 Å². The molecule has 1 aliphatic carbocycles. The molecule has 4 N–H and O–H groups in total. The van der Waals surface area contributed by atoms with Crippen molar-refractivity contribution < 1.29 is 18.7 Å². The van der Waals surface area contributed by atoms with E-state index in [1.807, 2.05) is 12.1 Å². The molecule has 2 amide bonds. The van der Waals surface area contributed by atoms with Crippen LogP contribution in [0.25, 0.3) is 0 Å². The van der Waals surface area contributed by atoms with Gasteiger partial charge in [0.15, 0.2) is 0 Å². The minimum Gasteiger partial charge on any atom is -0.453 e. The summed E-state index contributed by atoms with van der Waals surface area (Å²) in [6, 6.07) is 15.2. The van der Waals surface area contributed by atoms with Crippen LogP contribution in [0, 0.1) is 5.82 Å². The van der Waals surface area contributed by atoms with Crippen LogP contribution in [-0.4, -0.2) is 31.2 Å². The number of nitrogens with two attached hydrogens (primary N) is 1. The minimum atomic E-state index is -0.479. The Balaban J connectivity index is 0.000000360. The molecule has 2 atom stereocenters. The van der Waals surface area contributed by atoms with E-state index in [4.69, 9.17) is 5.73 Å². The molecule has 7 heteroatoms. The maximum Gasteiger partial charge on any atom is 0.407 e. The highest BCUT2D eigenvalue weighted by Gasteiger charge is 2.23. The van der Waals surface area contributed by atoms with Crippen molar-refractivity contribution in [2.75, 3.05) is 7.11 Å². The van der Waals surface area contributed by atoms with Gasteiger partial charge in [-0.15, -0.1) is 0 Å². The molecule has 0 aromatic heterocycles. The Morgan fingerprint density at radius 1 is 1.07 bits per heavy atom. The summed E-state index contributed by atoms with van der Waals surface area (Å²) in [7, 11) is 1.32. The lowest BCUT2D eigenvalue weighted by atomic mass is 9.91. The quantitative estimate of drug-likeness (QED) is 0.732. The SMILES string of the molecule is COC(=O)NCc1ccc(C(=O)NC2CCCCC2N)cc1.Fc1ccccc1. The van der Waals surface area contributed by atoms with Gasteiger partial charge in [0, 0.05) is 24.2 Å². The van der Waals surface area contributed by atoms with Gasteiger partial charge in [0.2, 0.25) is 0 Å². The molecule has 1 saturated carbocycles. The fourth-order valence-corrected chi connectivity index (χ4v) is 3.03. The molecule has 1 fully saturated rings. The molecular weight excluding hydrogens is 373 g/mol. The molecule has 0 spiro atoms. The molecule has 156 valence electrons. The average molecular weight is 401 g/mol. The summed E-state index contributed by atoms with van der Waals surface area (Å²) in [5.41, 5.74) is 7.54. The van der Waals surface area contributed by atoms with Crippen LogP contribution in [0.5, 0.6) is 0 Å². The number of methoxy groups -OCH3 is 1. The van der Waals surface area contributed by atoms with Crippen LogP contribution in [-0.2, 0) is 11.3 Å². The van der Waals surface area contributed by atoms with E-state index in [1.165, 1.54) is 19.2 Å². The third-order valence-electron chi connectivity index (χ3n) is 4.71. The zero-order valence-corrected chi connectivity index (χ0v) is 16.6. The Labute approximate surface area is 170 Å². The van der Waals surface area contributed by atoms with Crippen molar-refractivity contribution in [2.24, 2.45) is 5.73 Å². The topological polar surface area (TPSA) is 93.4 Å². The highest BCUT2D eigenvalue weighted by Crippen LogP contribution is 2.17. The zero-order valence-electron chi connectivity index (χ0n) is 16.6. The summed E-state index contributed by atoms with van der Waals surface area (Å²) in [6.07, 6.45) is 3.66. The number of rotatable bonds is 4. The second-order valence-corrected chi connectivity index (χ2v) is 6.87. The van der Waals surface area contributed by atoms with E-state index in [1.54, 1.807) is 30.3 Å². The van der Waals surface area contributed by atoms with E-state index in [0.717, 1.165) is 31.2 Å². The van der Waals surface area contributed by atoms with Crippen LogP contribution in [0.15, 0.2) is 54.6 Å². The Morgan fingerprint density at radius 2 is 1.72 bits per heavy atom. The summed E-state index contributed by atoms with van der Waals surface area (Å²) < 4.78 is 16.4. The molecule has 2 aromatic carbocycles. The lowest BCUT2D eigenvalue weighted by molar-refractivity contribution is 0.0921. The summed E-state index contributed by atoms with van der Waals surface area (Å²) in [6.45, 7) is 0.363. The van der Waals surface area contributed by atoms with Crippen molar-refractivity contribution >= 4 is 12.0 Å². The molecule has 0 bridgehead atoms. The van der Waals surface area contributed by atoms with Crippen LogP contribution < -0.4 is 16.4 Å². The molecule has 1 aliphatic rings. The van der Waals surface area contributed by atoms with Crippen LogP contribution >= 0.6 is 0 Å². The monoisotopic (exact) mass is 401 g/mol. The first-order valence-electron chi connectivity index (χ1n) is 9.67. The van der Waals surface area contributed by atoms with Gasteiger partial charge in [-0.2, -0.15) is 0 Å². The number of ether oxygens (including phenoxy) is 1. The van der Waals surface area contributed by atoms with Crippen LogP contribution in [0.4, 0.5) is 9.18 Å². The number of amides is 2.